The van der Waals surface area contributed by atoms with Crippen LogP contribution in [0.2, 0.25) is 0 Å². The number of hydrogen-bond donors (Lipinski definition) is 1. The largest absolute Gasteiger partial charge is 0.549 e. The van der Waals surface area contributed by atoms with Crippen molar-refractivity contribution in [2.75, 3.05) is 7.11 Å². The number of alkyl halides is 3. The molecule has 4 unspecified atom stereocenters. The van der Waals surface area contributed by atoms with E-state index < -0.39 is 52.6 Å². The van der Waals surface area contributed by atoms with Gasteiger partial charge in [0.1, 0.15) is 5.82 Å². The number of nitriles is 1. The number of benzene rings is 1. The summed E-state index contributed by atoms with van der Waals surface area (Å²) in [6, 6.07) is 3.11. The van der Waals surface area contributed by atoms with E-state index in [4.69, 9.17) is 4.74 Å². The molecule has 1 aliphatic rings. The van der Waals surface area contributed by atoms with Crippen LogP contribution in [-0.4, -0.2) is 25.2 Å². The molecule has 0 spiro atoms. The average molecular weight is 441 g/mol. The molecule has 9 heteroatoms. The van der Waals surface area contributed by atoms with Crippen molar-refractivity contribution in [1.82, 2.24) is 5.32 Å². The van der Waals surface area contributed by atoms with Gasteiger partial charge >= 0.3 is 6.18 Å². The summed E-state index contributed by atoms with van der Waals surface area (Å²) in [7, 11) is 1.44. The molecule has 1 N–H and O–H groups in total. The van der Waals surface area contributed by atoms with Gasteiger partial charge < -0.3 is 20.0 Å². The number of nitrogens with zero attached hydrogens (tertiary/aromatic N) is 1. The van der Waals surface area contributed by atoms with Crippen molar-refractivity contribution in [3.8, 4) is 6.07 Å². The van der Waals surface area contributed by atoms with Gasteiger partial charge in [-0.2, -0.15) is 18.4 Å². The number of methoxy groups -OCH3 is 1. The topological polar surface area (TPSA) is 85.2 Å². The van der Waals surface area contributed by atoms with Crippen molar-refractivity contribution >= 4 is 5.97 Å². The normalized spacial score (nSPS) is 25.0. The summed E-state index contributed by atoms with van der Waals surface area (Å²) in [5, 5.41) is 25.5. The van der Waals surface area contributed by atoms with Crippen LogP contribution in [0.4, 0.5) is 17.6 Å². The van der Waals surface area contributed by atoms with E-state index in [1.807, 2.05) is 6.07 Å². The van der Waals surface area contributed by atoms with Crippen LogP contribution < -0.4 is 10.4 Å². The van der Waals surface area contributed by atoms with E-state index in [9.17, 15) is 32.7 Å². The highest BCUT2D eigenvalue weighted by Gasteiger charge is 2.54. The van der Waals surface area contributed by atoms with Crippen molar-refractivity contribution < 1.29 is 32.2 Å². The van der Waals surface area contributed by atoms with Gasteiger partial charge in [-0.1, -0.05) is 19.4 Å². The highest BCUT2D eigenvalue weighted by atomic mass is 19.4. The summed E-state index contributed by atoms with van der Waals surface area (Å²) in [5.74, 6) is -4.16. The van der Waals surface area contributed by atoms with Gasteiger partial charge in [0.2, 0.25) is 0 Å². The molecule has 1 aromatic rings. The molecule has 4 atom stereocenters. The zero-order chi connectivity index (χ0) is 23.6. The zero-order valence-electron chi connectivity index (χ0n) is 17.8. The lowest BCUT2D eigenvalue weighted by Gasteiger charge is -2.52. The highest BCUT2D eigenvalue weighted by molar-refractivity contribution is 5.78. The van der Waals surface area contributed by atoms with Crippen molar-refractivity contribution in [1.29, 1.82) is 5.26 Å². The highest BCUT2D eigenvalue weighted by Crippen LogP contribution is 2.53. The first-order chi connectivity index (χ1) is 14.4. The van der Waals surface area contributed by atoms with E-state index in [0.29, 0.717) is 12.5 Å². The van der Waals surface area contributed by atoms with Gasteiger partial charge in [0.05, 0.1) is 29.3 Å². The Hall–Kier alpha value is -2.60. The number of carbonyl (C=O) groups is 1. The smallest absolute Gasteiger partial charge is 0.416 e. The number of rotatable bonds is 7. The number of carboxylic acids is 1. The van der Waals surface area contributed by atoms with E-state index in [1.54, 1.807) is 13.8 Å². The van der Waals surface area contributed by atoms with Gasteiger partial charge in [-0.3, -0.25) is 0 Å². The lowest BCUT2D eigenvalue weighted by atomic mass is 9.58. The Balaban J connectivity index is 2.92. The fraction of sp³-hybridized carbons (Fsp3) is 0.545. The van der Waals surface area contributed by atoms with Crippen LogP contribution in [0.25, 0.3) is 0 Å². The molecule has 170 valence electrons. The Bertz CT molecular complexity index is 907. The Morgan fingerprint density at radius 2 is 2.06 bits per heavy atom. The van der Waals surface area contributed by atoms with Crippen molar-refractivity contribution in [2.45, 2.75) is 64.3 Å². The third-order valence-electron chi connectivity index (χ3n) is 5.99. The second-order valence-electron chi connectivity index (χ2n) is 7.87. The summed E-state index contributed by atoms with van der Waals surface area (Å²) in [6.07, 6.45) is -4.96. The molecule has 5 nitrogen and oxygen atoms in total. The minimum atomic E-state index is -4.95. The lowest BCUT2D eigenvalue weighted by molar-refractivity contribution is -0.323. The second kappa shape index (κ2) is 9.27. The summed E-state index contributed by atoms with van der Waals surface area (Å²) >= 11 is 0. The average Bonchev–Trinajstić information content (AvgIpc) is 2.68. The number of carboxylic acid groups (broad SMARTS) is 1. The minimum absolute atomic E-state index is 0.0543. The van der Waals surface area contributed by atoms with Crippen LogP contribution >= 0.6 is 0 Å². The molecule has 0 saturated heterocycles. The summed E-state index contributed by atoms with van der Waals surface area (Å²) in [6.45, 7) is 4.92. The van der Waals surface area contributed by atoms with E-state index in [1.165, 1.54) is 14.0 Å². The quantitative estimate of drug-likeness (QED) is 0.653. The van der Waals surface area contributed by atoms with Gasteiger partial charge in [0, 0.05) is 30.2 Å². The molecule has 0 aliphatic carbocycles. The fourth-order valence-electron chi connectivity index (χ4n) is 4.54. The first-order valence-electron chi connectivity index (χ1n) is 9.92. The number of hydrogen-bond acceptors (Lipinski definition) is 5. The van der Waals surface area contributed by atoms with Crippen molar-refractivity contribution in [2.24, 2.45) is 5.41 Å². The molecule has 0 fully saturated rings. The Labute approximate surface area is 178 Å². The number of halogens is 4. The molecule has 0 radical (unpaired) electrons. The minimum Gasteiger partial charge on any atom is -0.549 e. The first kappa shape index (κ1) is 24.7. The van der Waals surface area contributed by atoms with Crippen LogP contribution in [0.3, 0.4) is 0 Å². The van der Waals surface area contributed by atoms with Crippen LogP contribution in [-0.2, 0) is 15.7 Å². The zero-order valence-corrected chi connectivity index (χ0v) is 17.8. The second-order valence-corrected chi connectivity index (χ2v) is 7.87. The van der Waals surface area contributed by atoms with Gasteiger partial charge in [-0.15, -0.1) is 0 Å². The molecular formula is C22H25F4N2O3-. The Morgan fingerprint density at radius 3 is 2.55 bits per heavy atom. The van der Waals surface area contributed by atoms with Gasteiger partial charge in [-0.25, -0.2) is 4.39 Å². The van der Waals surface area contributed by atoms with Gasteiger partial charge in [-0.05, 0) is 44.4 Å². The van der Waals surface area contributed by atoms with Crippen molar-refractivity contribution in [3.63, 3.8) is 0 Å². The molecule has 2 rings (SSSR count). The first-order valence-corrected chi connectivity index (χ1v) is 9.92. The monoisotopic (exact) mass is 441 g/mol. The number of carbonyl (C=O) groups excluding carboxylic acids is 1. The van der Waals surface area contributed by atoms with E-state index in [2.05, 4.69) is 5.32 Å². The molecule has 31 heavy (non-hydrogen) atoms. The molecule has 0 bridgehead atoms. The standard InChI is InChI=1S/C22H26F4N2O3/c1-5-8-21(20(29)30)18(9-12(2)31-4)28-13(3)16(11-27)19(21)15-7-6-14(23)10-17(15)22(24,25)26/h6-7,10,12,18-19,28H,5,8-9H2,1-4H3,(H,29,30)/p-1. The molecule has 1 aliphatic heterocycles. The van der Waals surface area contributed by atoms with E-state index in [-0.39, 0.29) is 24.1 Å². The number of nitrogens with one attached hydrogen (secondary N) is 1. The Kier molecular flexibility index (Phi) is 7.37. The van der Waals surface area contributed by atoms with Crippen LogP contribution in [0.1, 0.15) is 57.1 Å². The molecule has 0 saturated carbocycles. The molecule has 1 aromatic carbocycles. The van der Waals surface area contributed by atoms with Gasteiger partial charge in [0.15, 0.2) is 0 Å². The number of allylic oxidation sites excluding steroid dienone is 2. The summed E-state index contributed by atoms with van der Waals surface area (Å²) in [5.41, 5.74) is -3.52. The van der Waals surface area contributed by atoms with Crippen LogP contribution in [0, 0.1) is 22.6 Å². The maximum atomic E-state index is 13.8. The van der Waals surface area contributed by atoms with Gasteiger partial charge in [0.25, 0.3) is 0 Å². The molecule has 0 aromatic heterocycles. The SMILES string of the molecule is CCCC1(C(=O)[O-])C(CC(C)OC)NC(C)=C(C#N)C1c1ccc(F)cc1C(F)(F)F. The number of ether oxygens (including phenoxy) is 1. The van der Waals surface area contributed by atoms with E-state index in [0.717, 1.165) is 12.1 Å². The predicted octanol–water partition coefficient (Wildman–Crippen LogP) is 3.66. The van der Waals surface area contributed by atoms with Crippen molar-refractivity contribution in [3.05, 3.63) is 46.4 Å². The number of aliphatic carboxylic acids is 1. The predicted molar refractivity (Wildman–Crippen MR) is 103 cm³/mol. The maximum absolute atomic E-state index is 13.8. The third-order valence-corrected chi connectivity index (χ3v) is 5.99. The van der Waals surface area contributed by atoms with Crippen LogP contribution in [0.5, 0.6) is 0 Å². The molecule has 1 heterocycles. The third kappa shape index (κ3) is 4.54. The molecular weight excluding hydrogens is 416 g/mol. The van der Waals surface area contributed by atoms with Crippen LogP contribution in [0.15, 0.2) is 29.5 Å². The summed E-state index contributed by atoms with van der Waals surface area (Å²) < 4.78 is 60.6. The lowest BCUT2D eigenvalue weighted by Crippen LogP contribution is -2.61. The molecule has 0 amide bonds. The fourth-order valence-corrected chi connectivity index (χ4v) is 4.54. The summed E-state index contributed by atoms with van der Waals surface area (Å²) in [4.78, 5) is 12.6. The van der Waals surface area contributed by atoms with E-state index >= 15 is 0 Å². The Morgan fingerprint density at radius 1 is 1.42 bits per heavy atom. The maximum Gasteiger partial charge on any atom is 0.416 e.